The SMILES string of the molecule is CCCn1cc(S(=O)(=O)NCc2nn[nH]n2)cc1CNC. The average molecular weight is 313 g/mol. The van der Waals surface area contributed by atoms with Crippen LogP contribution >= 0.6 is 0 Å². The van der Waals surface area contributed by atoms with E-state index in [0.29, 0.717) is 12.4 Å². The second-order valence-electron chi connectivity index (χ2n) is 4.54. The zero-order chi connectivity index (χ0) is 15.3. The minimum Gasteiger partial charge on any atom is -0.349 e. The van der Waals surface area contributed by atoms with Crippen molar-refractivity contribution in [2.24, 2.45) is 0 Å². The topological polar surface area (TPSA) is 118 Å². The van der Waals surface area contributed by atoms with Gasteiger partial charge < -0.3 is 9.88 Å². The summed E-state index contributed by atoms with van der Waals surface area (Å²) in [5.41, 5.74) is 0.930. The maximum atomic E-state index is 12.3. The standard InChI is InChI=1S/C11H19N7O2S/c1-3-4-18-8-10(5-9(18)6-12-2)21(19,20)13-7-11-14-16-17-15-11/h5,8,12-13H,3-4,6-7H2,1-2H3,(H,14,15,16,17). The number of nitrogens with one attached hydrogen (secondary N) is 3. The van der Waals surface area contributed by atoms with Crippen LogP contribution < -0.4 is 10.0 Å². The first-order chi connectivity index (χ1) is 10.1. The highest BCUT2D eigenvalue weighted by molar-refractivity contribution is 7.89. The third-order valence-corrected chi connectivity index (χ3v) is 4.27. The fourth-order valence-corrected chi connectivity index (χ4v) is 2.99. The van der Waals surface area contributed by atoms with Crippen LogP contribution in [0.3, 0.4) is 0 Å². The molecule has 0 bridgehead atoms. The van der Waals surface area contributed by atoms with Crippen molar-refractivity contribution in [3.63, 3.8) is 0 Å². The van der Waals surface area contributed by atoms with Gasteiger partial charge in [-0.05, 0) is 19.5 Å². The minimum absolute atomic E-state index is 0.000841. The second kappa shape index (κ2) is 6.78. The van der Waals surface area contributed by atoms with Crippen LogP contribution in [0.5, 0.6) is 0 Å². The fourth-order valence-electron chi connectivity index (χ4n) is 1.95. The summed E-state index contributed by atoms with van der Waals surface area (Å²) in [5.74, 6) is 0.294. The van der Waals surface area contributed by atoms with Gasteiger partial charge in [-0.3, -0.25) is 0 Å². The van der Waals surface area contributed by atoms with Crippen molar-refractivity contribution in [1.82, 2.24) is 35.2 Å². The van der Waals surface area contributed by atoms with Crippen LogP contribution in [-0.4, -0.2) is 40.7 Å². The molecule has 0 aliphatic heterocycles. The van der Waals surface area contributed by atoms with Gasteiger partial charge in [-0.25, -0.2) is 13.1 Å². The lowest BCUT2D eigenvalue weighted by Gasteiger charge is -2.06. The molecule has 3 N–H and O–H groups in total. The summed E-state index contributed by atoms with van der Waals surface area (Å²) in [6.45, 7) is 3.43. The molecule has 0 radical (unpaired) electrons. The molecule has 0 atom stereocenters. The summed E-state index contributed by atoms with van der Waals surface area (Å²) in [7, 11) is -1.77. The van der Waals surface area contributed by atoms with Gasteiger partial charge in [-0.15, -0.1) is 10.2 Å². The number of hydrogen-bond acceptors (Lipinski definition) is 6. The predicted molar refractivity (Wildman–Crippen MR) is 75.7 cm³/mol. The molecule has 2 aromatic rings. The molecular weight excluding hydrogens is 294 g/mol. The Morgan fingerprint density at radius 1 is 1.38 bits per heavy atom. The van der Waals surface area contributed by atoms with E-state index in [0.717, 1.165) is 18.7 Å². The molecule has 2 rings (SSSR count). The molecule has 9 nitrogen and oxygen atoms in total. The zero-order valence-corrected chi connectivity index (χ0v) is 12.8. The highest BCUT2D eigenvalue weighted by Gasteiger charge is 2.18. The van der Waals surface area contributed by atoms with E-state index in [-0.39, 0.29) is 11.4 Å². The maximum absolute atomic E-state index is 12.3. The monoisotopic (exact) mass is 313 g/mol. The summed E-state index contributed by atoms with van der Waals surface area (Å²) in [5, 5.41) is 16.1. The van der Waals surface area contributed by atoms with Gasteiger partial charge in [0.1, 0.15) is 0 Å². The van der Waals surface area contributed by atoms with Gasteiger partial charge in [-0.2, -0.15) is 5.21 Å². The van der Waals surface area contributed by atoms with Crippen LogP contribution in [0.2, 0.25) is 0 Å². The van der Waals surface area contributed by atoms with Crippen molar-refractivity contribution in [1.29, 1.82) is 0 Å². The number of rotatable bonds is 8. The van der Waals surface area contributed by atoms with Gasteiger partial charge in [0.05, 0.1) is 11.4 Å². The summed E-state index contributed by atoms with van der Waals surface area (Å²) >= 11 is 0. The molecule has 2 aromatic heterocycles. The Kier molecular flexibility index (Phi) is 5.04. The Bertz CT molecular complexity index is 639. The number of nitrogens with zero attached hydrogens (tertiary/aromatic N) is 4. The van der Waals surface area contributed by atoms with Crippen molar-refractivity contribution in [2.75, 3.05) is 7.05 Å². The number of aromatic nitrogens is 5. The third-order valence-electron chi connectivity index (χ3n) is 2.90. The second-order valence-corrected chi connectivity index (χ2v) is 6.31. The van der Waals surface area contributed by atoms with E-state index in [2.05, 4.69) is 30.7 Å². The maximum Gasteiger partial charge on any atom is 0.242 e. The summed E-state index contributed by atoms with van der Waals surface area (Å²) in [6, 6.07) is 1.67. The predicted octanol–water partition coefficient (Wildman–Crippen LogP) is -0.391. The molecule has 0 aliphatic carbocycles. The molecular formula is C11H19N7O2S. The number of sulfonamides is 1. The van der Waals surface area contributed by atoms with Gasteiger partial charge in [0.15, 0.2) is 5.82 Å². The molecule has 21 heavy (non-hydrogen) atoms. The van der Waals surface area contributed by atoms with Crippen LogP contribution in [0.15, 0.2) is 17.2 Å². The normalized spacial score (nSPS) is 11.9. The van der Waals surface area contributed by atoms with Crippen molar-refractivity contribution < 1.29 is 8.42 Å². The third kappa shape index (κ3) is 3.86. The molecule has 2 heterocycles. The Morgan fingerprint density at radius 2 is 2.19 bits per heavy atom. The Balaban J connectivity index is 2.16. The van der Waals surface area contributed by atoms with E-state index >= 15 is 0 Å². The Morgan fingerprint density at radius 3 is 2.81 bits per heavy atom. The number of tetrazole rings is 1. The van der Waals surface area contributed by atoms with E-state index in [9.17, 15) is 8.42 Å². The first kappa shape index (κ1) is 15.6. The van der Waals surface area contributed by atoms with Crippen LogP contribution in [0.1, 0.15) is 24.9 Å². The first-order valence-electron chi connectivity index (χ1n) is 6.62. The molecule has 10 heteroatoms. The molecule has 116 valence electrons. The zero-order valence-electron chi connectivity index (χ0n) is 12.0. The van der Waals surface area contributed by atoms with Crippen LogP contribution in [0.4, 0.5) is 0 Å². The molecule has 0 aromatic carbocycles. The lowest BCUT2D eigenvalue weighted by atomic mass is 10.4. The van der Waals surface area contributed by atoms with Crippen LogP contribution in [0, 0.1) is 0 Å². The smallest absolute Gasteiger partial charge is 0.242 e. The van der Waals surface area contributed by atoms with E-state index in [1.165, 1.54) is 0 Å². The van der Waals surface area contributed by atoms with E-state index < -0.39 is 10.0 Å². The minimum atomic E-state index is -3.59. The molecule has 0 aliphatic rings. The quantitative estimate of drug-likeness (QED) is 0.611. The average Bonchev–Trinajstić information content (AvgIpc) is 3.08. The first-order valence-corrected chi connectivity index (χ1v) is 8.10. The molecule has 0 spiro atoms. The molecule has 0 unspecified atom stereocenters. The van der Waals surface area contributed by atoms with Crippen molar-refractivity contribution in [3.05, 3.63) is 23.8 Å². The lowest BCUT2D eigenvalue weighted by molar-refractivity contribution is 0.578. The Labute approximate surface area is 123 Å². The van der Waals surface area contributed by atoms with Gasteiger partial charge in [-0.1, -0.05) is 12.1 Å². The van der Waals surface area contributed by atoms with Gasteiger partial charge >= 0.3 is 0 Å². The van der Waals surface area contributed by atoms with E-state index in [4.69, 9.17) is 0 Å². The lowest BCUT2D eigenvalue weighted by Crippen LogP contribution is -2.23. The van der Waals surface area contributed by atoms with Crippen molar-refractivity contribution in [3.8, 4) is 0 Å². The molecule has 0 fully saturated rings. The van der Waals surface area contributed by atoms with E-state index in [1.54, 1.807) is 12.3 Å². The van der Waals surface area contributed by atoms with Gasteiger partial charge in [0.25, 0.3) is 0 Å². The van der Waals surface area contributed by atoms with Crippen LogP contribution in [-0.2, 0) is 29.7 Å². The van der Waals surface area contributed by atoms with Gasteiger partial charge in [0.2, 0.25) is 10.0 Å². The molecule has 0 amide bonds. The number of aromatic amines is 1. The van der Waals surface area contributed by atoms with E-state index in [1.807, 2.05) is 18.5 Å². The van der Waals surface area contributed by atoms with Crippen molar-refractivity contribution in [2.45, 2.75) is 37.9 Å². The van der Waals surface area contributed by atoms with Gasteiger partial charge in [0, 0.05) is 25.0 Å². The highest BCUT2D eigenvalue weighted by Crippen LogP contribution is 2.15. The van der Waals surface area contributed by atoms with Crippen molar-refractivity contribution >= 4 is 10.0 Å². The highest BCUT2D eigenvalue weighted by atomic mass is 32.2. The number of H-pyrrole nitrogens is 1. The van der Waals surface area contributed by atoms with Crippen LogP contribution in [0.25, 0.3) is 0 Å². The largest absolute Gasteiger partial charge is 0.349 e. The molecule has 0 saturated heterocycles. The summed E-state index contributed by atoms with van der Waals surface area (Å²) < 4.78 is 28.9. The summed E-state index contributed by atoms with van der Waals surface area (Å²) in [4.78, 5) is 0.240. The fraction of sp³-hybridized carbons (Fsp3) is 0.545. The Hall–Kier alpha value is -1.78. The number of hydrogen-bond donors (Lipinski definition) is 3. The summed E-state index contributed by atoms with van der Waals surface area (Å²) in [6.07, 6.45) is 2.58. The number of aryl methyl sites for hydroxylation is 1. The molecule has 0 saturated carbocycles.